The number of ether oxygens (including phenoxy) is 2. The minimum atomic E-state index is -0.218. The van der Waals surface area contributed by atoms with Crippen molar-refractivity contribution in [2.45, 2.75) is 25.1 Å². The highest BCUT2D eigenvalue weighted by Gasteiger charge is 2.13. The molecule has 0 aliphatic heterocycles. The first-order valence-corrected chi connectivity index (χ1v) is 7.57. The third-order valence-corrected chi connectivity index (χ3v) is 3.98. The summed E-state index contributed by atoms with van der Waals surface area (Å²) in [6, 6.07) is 14.2. The average Bonchev–Trinajstić information content (AvgIpc) is 2.54. The number of hydrogen-bond donors (Lipinski definition) is 0. The van der Waals surface area contributed by atoms with Crippen LogP contribution in [0.5, 0.6) is 11.5 Å². The minimum absolute atomic E-state index is 0.218. The molecule has 0 aromatic heterocycles. The van der Waals surface area contributed by atoms with Crippen LogP contribution in [0.4, 0.5) is 0 Å². The van der Waals surface area contributed by atoms with Crippen LogP contribution < -0.4 is 9.47 Å². The lowest BCUT2D eigenvalue weighted by Crippen LogP contribution is -1.96. The molecule has 0 saturated carbocycles. The van der Waals surface area contributed by atoms with E-state index >= 15 is 0 Å². The van der Waals surface area contributed by atoms with E-state index in [4.69, 9.17) is 21.1 Å². The van der Waals surface area contributed by atoms with Crippen LogP contribution >= 0.6 is 11.6 Å². The molecule has 1 unspecified atom stereocenters. The van der Waals surface area contributed by atoms with Gasteiger partial charge in [-0.15, -0.1) is 11.6 Å². The Morgan fingerprint density at radius 3 is 1.95 bits per heavy atom. The Bertz CT molecular complexity index is 556. The zero-order chi connectivity index (χ0) is 15.2. The van der Waals surface area contributed by atoms with Crippen molar-refractivity contribution >= 4 is 11.6 Å². The van der Waals surface area contributed by atoms with Crippen LogP contribution in [0.2, 0.25) is 0 Å². The summed E-state index contributed by atoms with van der Waals surface area (Å²) in [5, 5.41) is -0.218. The second kappa shape index (κ2) is 7.37. The highest BCUT2D eigenvalue weighted by atomic mass is 35.5. The van der Waals surface area contributed by atoms with Gasteiger partial charge in [0.2, 0.25) is 0 Å². The summed E-state index contributed by atoms with van der Waals surface area (Å²) in [5.41, 5.74) is 3.39. The van der Waals surface area contributed by atoms with Gasteiger partial charge in [-0.25, -0.2) is 0 Å². The second-order valence-corrected chi connectivity index (χ2v) is 5.44. The molecule has 0 heterocycles. The monoisotopic (exact) mass is 304 g/mol. The number of benzene rings is 2. The number of halogens is 1. The Balaban J connectivity index is 2.28. The smallest absolute Gasteiger partial charge is 0.122 e. The van der Waals surface area contributed by atoms with Gasteiger partial charge in [-0.1, -0.05) is 37.6 Å². The summed E-state index contributed by atoms with van der Waals surface area (Å²) >= 11 is 6.61. The number of rotatable bonds is 6. The van der Waals surface area contributed by atoms with Crippen LogP contribution in [0, 0.1) is 0 Å². The standard InChI is InChI=1S/C18H21ClO2/c1-4-5-13-6-8-14(9-7-13)18(19)15-10-16(20-2)12-17(11-15)21-3/h6-12,18H,4-5H2,1-3H3. The van der Waals surface area contributed by atoms with Crippen LogP contribution in [-0.4, -0.2) is 14.2 Å². The van der Waals surface area contributed by atoms with Crippen molar-refractivity contribution in [1.29, 1.82) is 0 Å². The molecule has 2 aromatic rings. The molecule has 0 fully saturated rings. The van der Waals surface area contributed by atoms with Crippen molar-refractivity contribution in [1.82, 2.24) is 0 Å². The van der Waals surface area contributed by atoms with E-state index in [2.05, 4.69) is 31.2 Å². The molecule has 0 N–H and O–H groups in total. The fraction of sp³-hybridized carbons (Fsp3) is 0.333. The highest BCUT2D eigenvalue weighted by molar-refractivity contribution is 6.22. The first-order valence-electron chi connectivity index (χ1n) is 7.13. The van der Waals surface area contributed by atoms with Crippen LogP contribution in [0.3, 0.4) is 0 Å². The van der Waals surface area contributed by atoms with Gasteiger partial charge in [-0.05, 0) is 35.2 Å². The lowest BCUT2D eigenvalue weighted by molar-refractivity contribution is 0.393. The summed E-state index contributed by atoms with van der Waals surface area (Å²) in [6.07, 6.45) is 2.25. The van der Waals surface area contributed by atoms with Gasteiger partial charge in [0.1, 0.15) is 11.5 Å². The van der Waals surface area contributed by atoms with Crippen molar-refractivity contribution in [3.8, 4) is 11.5 Å². The molecule has 112 valence electrons. The van der Waals surface area contributed by atoms with Gasteiger partial charge in [0, 0.05) is 6.07 Å². The molecular weight excluding hydrogens is 284 g/mol. The maximum absolute atomic E-state index is 6.61. The van der Waals surface area contributed by atoms with Crippen LogP contribution in [0.1, 0.15) is 35.4 Å². The topological polar surface area (TPSA) is 18.5 Å². The predicted molar refractivity (Wildman–Crippen MR) is 87.7 cm³/mol. The van der Waals surface area contributed by atoms with E-state index in [0.29, 0.717) is 0 Å². The van der Waals surface area contributed by atoms with Crippen molar-refractivity contribution < 1.29 is 9.47 Å². The molecule has 0 bridgehead atoms. The van der Waals surface area contributed by atoms with Crippen molar-refractivity contribution in [2.24, 2.45) is 0 Å². The van der Waals surface area contributed by atoms with Gasteiger partial charge >= 0.3 is 0 Å². The summed E-state index contributed by atoms with van der Waals surface area (Å²) < 4.78 is 10.6. The van der Waals surface area contributed by atoms with Crippen molar-refractivity contribution in [3.63, 3.8) is 0 Å². The Labute approximate surface area is 131 Å². The zero-order valence-electron chi connectivity index (χ0n) is 12.7. The average molecular weight is 305 g/mol. The van der Waals surface area contributed by atoms with Crippen LogP contribution in [0.15, 0.2) is 42.5 Å². The summed E-state index contributed by atoms with van der Waals surface area (Å²) in [7, 11) is 3.28. The Kier molecular flexibility index (Phi) is 5.51. The second-order valence-electron chi connectivity index (χ2n) is 5.00. The molecule has 21 heavy (non-hydrogen) atoms. The van der Waals surface area contributed by atoms with E-state index in [-0.39, 0.29) is 5.38 Å². The molecule has 0 spiro atoms. The molecule has 0 aliphatic carbocycles. The van der Waals surface area contributed by atoms with Crippen molar-refractivity contribution in [3.05, 3.63) is 59.2 Å². The lowest BCUT2D eigenvalue weighted by Gasteiger charge is -2.14. The number of methoxy groups -OCH3 is 2. The highest BCUT2D eigenvalue weighted by Crippen LogP contribution is 2.34. The van der Waals surface area contributed by atoms with Gasteiger partial charge in [-0.2, -0.15) is 0 Å². The van der Waals surface area contributed by atoms with Gasteiger partial charge in [-0.3, -0.25) is 0 Å². The largest absolute Gasteiger partial charge is 0.497 e. The molecule has 1 atom stereocenters. The first-order chi connectivity index (χ1) is 10.2. The summed E-state index contributed by atoms with van der Waals surface area (Å²) in [5.74, 6) is 1.50. The zero-order valence-corrected chi connectivity index (χ0v) is 13.5. The molecule has 0 aliphatic rings. The first kappa shape index (κ1) is 15.7. The van der Waals surface area contributed by atoms with Gasteiger partial charge in [0.15, 0.2) is 0 Å². The summed E-state index contributed by atoms with van der Waals surface area (Å²) in [4.78, 5) is 0. The lowest BCUT2D eigenvalue weighted by atomic mass is 10.0. The number of hydrogen-bond acceptors (Lipinski definition) is 2. The SMILES string of the molecule is CCCc1ccc(C(Cl)c2cc(OC)cc(OC)c2)cc1. The van der Waals surface area contributed by atoms with Crippen molar-refractivity contribution in [2.75, 3.05) is 14.2 Å². The third-order valence-electron chi connectivity index (χ3n) is 3.48. The van der Waals surface area contributed by atoms with E-state index in [1.165, 1.54) is 5.56 Å². The molecule has 3 heteroatoms. The van der Waals surface area contributed by atoms with Crippen LogP contribution in [0.25, 0.3) is 0 Å². The quantitative estimate of drug-likeness (QED) is 0.700. The van der Waals surface area contributed by atoms with E-state index < -0.39 is 0 Å². The van der Waals surface area contributed by atoms with Gasteiger partial charge < -0.3 is 9.47 Å². The molecule has 2 nitrogen and oxygen atoms in total. The summed E-state index contributed by atoms with van der Waals surface area (Å²) in [6.45, 7) is 2.18. The minimum Gasteiger partial charge on any atom is -0.497 e. The Morgan fingerprint density at radius 2 is 1.48 bits per heavy atom. The normalized spacial score (nSPS) is 12.0. The molecular formula is C18H21ClO2. The van der Waals surface area contributed by atoms with E-state index in [1.54, 1.807) is 14.2 Å². The number of alkyl halides is 1. The van der Waals surface area contributed by atoms with Gasteiger partial charge in [0.05, 0.1) is 19.6 Å². The van der Waals surface area contributed by atoms with Crippen LogP contribution in [-0.2, 0) is 6.42 Å². The Morgan fingerprint density at radius 1 is 0.905 bits per heavy atom. The third kappa shape index (κ3) is 3.92. The molecule has 0 saturated heterocycles. The molecule has 2 aromatic carbocycles. The molecule has 0 amide bonds. The maximum atomic E-state index is 6.61. The van der Waals surface area contributed by atoms with E-state index in [1.807, 2.05) is 18.2 Å². The maximum Gasteiger partial charge on any atom is 0.122 e. The fourth-order valence-corrected chi connectivity index (χ4v) is 2.58. The van der Waals surface area contributed by atoms with E-state index in [9.17, 15) is 0 Å². The predicted octanol–water partition coefficient (Wildman–Crippen LogP) is 4.98. The number of aryl methyl sites for hydroxylation is 1. The van der Waals surface area contributed by atoms with E-state index in [0.717, 1.165) is 35.5 Å². The Hall–Kier alpha value is -1.67. The molecule has 2 rings (SSSR count). The fourth-order valence-electron chi connectivity index (χ4n) is 2.31. The van der Waals surface area contributed by atoms with Gasteiger partial charge in [0.25, 0.3) is 0 Å². The molecule has 0 radical (unpaired) electrons.